The molecule has 1 saturated heterocycles. The molecule has 2 aliphatic carbocycles. The van der Waals surface area contributed by atoms with Crippen LogP contribution in [-0.4, -0.2) is 24.7 Å². The smallest absolute Gasteiger partial charge is 0.323 e. The first-order chi connectivity index (χ1) is 9.33. The predicted molar refractivity (Wildman–Crippen MR) is 74.8 cm³/mol. The lowest BCUT2D eigenvalue weighted by Crippen LogP contribution is -2.52. The molecule has 3 heteroatoms. The Morgan fingerprint density at radius 3 is 2.63 bits per heavy atom. The van der Waals surface area contributed by atoms with Crippen molar-refractivity contribution in [3.8, 4) is 0 Å². The molecule has 0 radical (unpaired) electrons. The molecule has 3 atom stereocenters. The van der Waals surface area contributed by atoms with Crippen molar-refractivity contribution in [2.24, 2.45) is 11.8 Å². The Kier molecular flexibility index (Phi) is 4.42. The van der Waals surface area contributed by atoms with Crippen molar-refractivity contribution in [1.29, 1.82) is 0 Å². The van der Waals surface area contributed by atoms with Gasteiger partial charge in [-0.2, -0.15) is 0 Å². The summed E-state index contributed by atoms with van der Waals surface area (Å²) < 4.78 is 5.47. The Morgan fingerprint density at radius 1 is 1.00 bits per heavy atom. The SMILES string of the molecule is O=C(OCCC1CCC1)C1CCC2CCCCC2N1. The highest BCUT2D eigenvalue weighted by molar-refractivity contribution is 5.76. The van der Waals surface area contributed by atoms with E-state index in [4.69, 9.17) is 4.74 Å². The van der Waals surface area contributed by atoms with Crippen molar-refractivity contribution in [1.82, 2.24) is 5.32 Å². The zero-order valence-corrected chi connectivity index (χ0v) is 11.9. The van der Waals surface area contributed by atoms with Gasteiger partial charge in [-0.3, -0.25) is 4.79 Å². The van der Waals surface area contributed by atoms with Gasteiger partial charge in [0.25, 0.3) is 0 Å². The Bertz CT molecular complexity index is 314. The van der Waals surface area contributed by atoms with E-state index in [9.17, 15) is 4.79 Å². The molecule has 1 heterocycles. The van der Waals surface area contributed by atoms with Crippen molar-refractivity contribution >= 4 is 5.97 Å². The van der Waals surface area contributed by atoms with Gasteiger partial charge >= 0.3 is 5.97 Å². The molecule has 3 unspecified atom stereocenters. The van der Waals surface area contributed by atoms with Crippen LogP contribution >= 0.6 is 0 Å². The normalized spacial score (nSPS) is 35.3. The first-order valence-electron chi connectivity index (χ1n) is 8.25. The number of fused-ring (bicyclic) bond motifs is 1. The third kappa shape index (κ3) is 3.31. The van der Waals surface area contributed by atoms with Gasteiger partial charge < -0.3 is 10.1 Å². The number of ether oxygens (including phenoxy) is 1. The highest BCUT2D eigenvalue weighted by atomic mass is 16.5. The van der Waals surface area contributed by atoms with E-state index >= 15 is 0 Å². The van der Waals surface area contributed by atoms with Crippen molar-refractivity contribution < 1.29 is 9.53 Å². The maximum absolute atomic E-state index is 12.1. The lowest BCUT2D eigenvalue weighted by atomic mass is 9.78. The summed E-state index contributed by atoms with van der Waals surface area (Å²) in [6.45, 7) is 0.635. The van der Waals surface area contributed by atoms with Crippen LogP contribution in [0.1, 0.15) is 64.2 Å². The molecule has 3 aliphatic rings. The maximum Gasteiger partial charge on any atom is 0.323 e. The van der Waals surface area contributed by atoms with Crippen LogP contribution in [0.4, 0.5) is 0 Å². The summed E-state index contributed by atoms with van der Waals surface area (Å²) in [6, 6.07) is 0.549. The van der Waals surface area contributed by atoms with E-state index in [-0.39, 0.29) is 12.0 Å². The van der Waals surface area contributed by atoms with Gasteiger partial charge in [0.1, 0.15) is 6.04 Å². The van der Waals surface area contributed by atoms with E-state index in [1.54, 1.807) is 0 Å². The zero-order chi connectivity index (χ0) is 13.1. The molecule has 3 rings (SSSR count). The number of nitrogens with one attached hydrogen (secondary N) is 1. The number of esters is 1. The summed E-state index contributed by atoms with van der Waals surface area (Å²) in [5, 5.41) is 3.55. The van der Waals surface area contributed by atoms with Crippen molar-refractivity contribution in [2.45, 2.75) is 76.3 Å². The summed E-state index contributed by atoms with van der Waals surface area (Å²) in [6.07, 6.45) is 12.6. The second-order valence-electron chi connectivity index (χ2n) is 6.70. The number of piperidine rings is 1. The summed E-state index contributed by atoms with van der Waals surface area (Å²) in [5.41, 5.74) is 0. The number of hydrogen-bond acceptors (Lipinski definition) is 3. The van der Waals surface area contributed by atoms with Crippen LogP contribution in [0.25, 0.3) is 0 Å². The van der Waals surface area contributed by atoms with E-state index < -0.39 is 0 Å². The van der Waals surface area contributed by atoms with Gasteiger partial charge in [0, 0.05) is 6.04 Å². The molecule has 1 aliphatic heterocycles. The van der Waals surface area contributed by atoms with Crippen LogP contribution in [-0.2, 0) is 9.53 Å². The van der Waals surface area contributed by atoms with Crippen LogP contribution in [0.3, 0.4) is 0 Å². The molecule has 0 amide bonds. The van der Waals surface area contributed by atoms with E-state index in [1.165, 1.54) is 51.4 Å². The second kappa shape index (κ2) is 6.25. The number of carbonyl (C=O) groups excluding carboxylic acids is 1. The summed E-state index contributed by atoms with van der Waals surface area (Å²) in [4.78, 5) is 12.1. The molecule has 2 saturated carbocycles. The topological polar surface area (TPSA) is 38.3 Å². The van der Waals surface area contributed by atoms with Gasteiger partial charge in [-0.15, -0.1) is 0 Å². The molecule has 0 spiro atoms. The Labute approximate surface area is 116 Å². The molecule has 3 nitrogen and oxygen atoms in total. The Hall–Kier alpha value is -0.570. The van der Waals surface area contributed by atoms with Crippen LogP contribution < -0.4 is 5.32 Å². The lowest BCUT2D eigenvalue weighted by molar-refractivity contribution is -0.148. The van der Waals surface area contributed by atoms with Crippen molar-refractivity contribution in [3.05, 3.63) is 0 Å². The molecule has 0 aromatic carbocycles. The minimum absolute atomic E-state index is 0.00310. The monoisotopic (exact) mass is 265 g/mol. The number of rotatable bonds is 4. The lowest BCUT2D eigenvalue weighted by Gasteiger charge is -2.39. The molecule has 3 fully saturated rings. The molecular formula is C16H27NO2. The maximum atomic E-state index is 12.1. The average Bonchev–Trinajstić information content (AvgIpc) is 2.40. The fourth-order valence-electron chi connectivity index (χ4n) is 3.89. The van der Waals surface area contributed by atoms with E-state index in [2.05, 4.69) is 5.32 Å². The predicted octanol–water partition coefficient (Wildman–Crippen LogP) is 3.03. The zero-order valence-electron chi connectivity index (χ0n) is 11.9. The van der Waals surface area contributed by atoms with E-state index in [1.807, 2.05) is 0 Å². The quantitative estimate of drug-likeness (QED) is 0.794. The van der Waals surface area contributed by atoms with Crippen LogP contribution in [0.15, 0.2) is 0 Å². The number of carbonyl (C=O) groups is 1. The highest BCUT2D eigenvalue weighted by Gasteiger charge is 2.35. The van der Waals surface area contributed by atoms with Gasteiger partial charge in [0.05, 0.1) is 6.61 Å². The van der Waals surface area contributed by atoms with Gasteiger partial charge in [-0.1, -0.05) is 32.1 Å². The molecule has 0 bridgehead atoms. The molecule has 1 N–H and O–H groups in total. The standard InChI is InChI=1S/C16H27NO2/c18-16(19-11-10-12-4-3-5-12)15-9-8-13-6-1-2-7-14(13)17-15/h12-15,17H,1-11H2. The molecule has 0 aromatic rings. The second-order valence-corrected chi connectivity index (χ2v) is 6.70. The minimum atomic E-state index is -0.0271. The average molecular weight is 265 g/mol. The third-order valence-electron chi connectivity index (χ3n) is 5.43. The highest BCUT2D eigenvalue weighted by Crippen LogP contribution is 2.32. The third-order valence-corrected chi connectivity index (χ3v) is 5.43. The molecule has 19 heavy (non-hydrogen) atoms. The summed E-state index contributed by atoms with van der Waals surface area (Å²) >= 11 is 0. The summed E-state index contributed by atoms with van der Waals surface area (Å²) in [5.74, 6) is 1.64. The minimum Gasteiger partial charge on any atom is -0.465 e. The van der Waals surface area contributed by atoms with Gasteiger partial charge in [-0.25, -0.2) is 0 Å². The van der Waals surface area contributed by atoms with Gasteiger partial charge in [-0.05, 0) is 43.9 Å². The molecule has 0 aromatic heterocycles. The fraction of sp³-hybridized carbons (Fsp3) is 0.938. The van der Waals surface area contributed by atoms with E-state index in [0.717, 1.165) is 24.7 Å². The molecule has 108 valence electrons. The van der Waals surface area contributed by atoms with Gasteiger partial charge in [0.2, 0.25) is 0 Å². The van der Waals surface area contributed by atoms with Crippen LogP contribution in [0.5, 0.6) is 0 Å². The first-order valence-corrected chi connectivity index (χ1v) is 8.25. The first kappa shape index (κ1) is 13.4. The van der Waals surface area contributed by atoms with Crippen molar-refractivity contribution in [3.63, 3.8) is 0 Å². The fourth-order valence-corrected chi connectivity index (χ4v) is 3.89. The Balaban J connectivity index is 1.39. The molecular weight excluding hydrogens is 238 g/mol. The Morgan fingerprint density at radius 2 is 1.84 bits per heavy atom. The van der Waals surface area contributed by atoms with E-state index in [0.29, 0.717) is 12.6 Å². The largest absolute Gasteiger partial charge is 0.465 e. The number of hydrogen-bond donors (Lipinski definition) is 1. The van der Waals surface area contributed by atoms with Crippen LogP contribution in [0, 0.1) is 11.8 Å². The van der Waals surface area contributed by atoms with Gasteiger partial charge in [0.15, 0.2) is 0 Å². The van der Waals surface area contributed by atoms with Crippen molar-refractivity contribution in [2.75, 3.05) is 6.61 Å². The van der Waals surface area contributed by atoms with Crippen LogP contribution in [0.2, 0.25) is 0 Å². The summed E-state index contributed by atoms with van der Waals surface area (Å²) in [7, 11) is 0.